The largest absolute Gasteiger partial charge is 0.351 e. The molecule has 0 saturated heterocycles. The van der Waals surface area contributed by atoms with Crippen LogP contribution in [0.1, 0.15) is 22.8 Å². The highest BCUT2D eigenvalue weighted by molar-refractivity contribution is 6.18. The van der Waals surface area contributed by atoms with Crippen LogP contribution in [0, 0.1) is 0 Å². The first-order valence-corrected chi connectivity index (χ1v) is 5.24. The van der Waals surface area contributed by atoms with Crippen LogP contribution in [0.3, 0.4) is 0 Å². The molecule has 0 bridgehead atoms. The SMILES string of the molecule is CCc1ccc(C(=O)NCCCl)cc1. The van der Waals surface area contributed by atoms with Crippen molar-refractivity contribution in [2.24, 2.45) is 0 Å². The Bertz CT molecular complexity index is 295. The Morgan fingerprint density at radius 1 is 1.36 bits per heavy atom. The number of hydrogen-bond donors (Lipinski definition) is 1. The van der Waals surface area contributed by atoms with Gasteiger partial charge >= 0.3 is 0 Å². The van der Waals surface area contributed by atoms with Gasteiger partial charge < -0.3 is 5.32 Å². The highest BCUT2D eigenvalue weighted by Crippen LogP contribution is 2.04. The predicted octanol–water partition coefficient (Wildman–Crippen LogP) is 2.22. The fraction of sp³-hybridized carbons (Fsp3) is 0.364. The fourth-order valence-electron chi connectivity index (χ4n) is 1.15. The van der Waals surface area contributed by atoms with Gasteiger partial charge in [0.1, 0.15) is 0 Å². The summed E-state index contributed by atoms with van der Waals surface area (Å²) >= 11 is 5.47. The molecule has 0 aliphatic rings. The van der Waals surface area contributed by atoms with Crippen LogP contribution in [0.5, 0.6) is 0 Å². The number of amides is 1. The van der Waals surface area contributed by atoms with Crippen LogP contribution in [-0.2, 0) is 6.42 Å². The second kappa shape index (κ2) is 5.66. The monoisotopic (exact) mass is 211 g/mol. The molecule has 76 valence electrons. The Labute approximate surface area is 89.3 Å². The average Bonchev–Trinajstić information content (AvgIpc) is 2.26. The topological polar surface area (TPSA) is 29.1 Å². The van der Waals surface area contributed by atoms with Gasteiger partial charge in [0.2, 0.25) is 0 Å². The second-order valence-electron chi connectivity index (χ2n) is 3.00. The Hall–Kier alpha value is -1.02. The van der Waals surface area contributed by atoms with Crippen molar-refractivity contribution < 1.29 is 4.79 Å². The minimum atomic E-state index is -0.0618. The molecule has 0 radical (unpaired) electrons. The first-order valence-electron chi connectivity index (χ1n) is 4.71. The zero-order valence-electron chi connectivity index (χ0n) is 8.22. The number of hydrogen-bond acceptors (Lipinski definition) is 1. The quantitative estimate of drug-likeness (QED) is 0.761. The van der Waals surface area contributed by atoms with Crippen molar-refractivity contribution in [2.45, 2.75) is 13.3 Å². The van der Waals surface area contributed by atoms with E-state index in [0.717, 1.165) is 6.42 Å². The number of aryl methyl sites for hydroxylation is 1. The predicted molar refractivity (Wildman–Crippen MR) is 58.9 cm³/mol. The van der Waals surface area contributed by atoms with Crippen molar-refractivity contribution >= 4 is 17.5 Å². The van der Waals surface area contributed by atoms with Crippen LogP contribution in [0.25, 0.3) is 0 Å². The molecule has 0 atom stereocenters. The molecule has 3 heteroatoms. The molecule has 1 N–H and O–H groups in total. The molecule has 14 heavy (non-hydrogen) atoms. The molecule has 0 aliphatic carbocycles. The molecule has 0 aromatic heterocycles. The molecule has 2 nitrogen and oxygen atoms in total. The van der Waals surface area contributed by atoms with Crippen molar-refractivity contribution in [2.75, 3.05) is 12.4 Å². The zero-order chi connectivity index (χ0) is 10.4. The third kappa shape index (κ3) is 3.04. The number of alkyl halides is 1. The molecule has 0 unspecified atom stereocenters. The molecule has 0 spiro atoms. The van der Waals surface area contributed by atoms with E-state index in [1.807, 2.05) is 24.3 Å². The van der Waals surface area contributed by atoms with Crippen LogP contribution in [-0.4, -0.2) is 18.3 Å². The molecule has 1 rings (SSSR count). The number of halogens is 1. The van der Waals surface area contributed by atoms with Crippen LogP contribution >= 0.6 is 11.6 Å². The standard InChI is InChI=1S/C11H14ClNO/c1-2-9-3-5-10(6-4-9)11(14)13-8-7-12/h3-6H,2,7-8H2,1H3,(H,13,14). The van der Waals surface area contributed by atoms with E-state index in [1.54, 1.807) is 0 Å². The van der Waals surface area contributed by atoms with E-state index in [9.17, 15) is 4.79 Å². The lowest BCUT2D eigenvalue weighted by molar-refractivity contribution is 0.0956. The molecule has 0 aliphatic heterocycles. The van der Waals surface area contributed by atoms with Crippen molar-refractivity contribution in [3.63, 3.8) is 0 Å². The molecule has 1 amide bonds. The maximum Gasteiger partial charge on any atom is 0.251 e. The number of benzene rings is 1. The molecule has 0 fully saturated rings. The first-order chi connectivity index (χ1) is 6.77. The Morgan fingerprint density at radius 2 is 2.00 bits per heavy atom. The van der Waals surface area contributed by atoms with Gasteiger partial charge in [0.15, 0.2) is 0 Å². The van der Waals surface area contributed by atoms with Crippen LogP contribution in [0.2, 0.25) is 0 Å². The third-order valence-corrected chi connectivity index (χ3v) is 2.19. The van der Waals surface area contributed by atoms with Crippen LogP contribution in [0.4, 0.5) is 0 Å². The van der Waals surface area contributed by atoms with E-state index < -0.39 is 0 Å². The van der Waals surface area contributed by atoms with E-state index in [2.05, 4.69) is 12.2 Å². The lowest BCUT2D eigenvalue weighted by atomic mass is 10.1. The molecule has 1 aromatic rings. The maximum absolute atomic E-state index is 11.4. The van der Waals surface area contributed by atoms with Gasteiger partial charge in [0, 0.05) is 18.0 Å². The molecular formula is C11H14ClNO. The number of rotatable bonds is 4. The van der Waals surface area contributed by atoms with Gasteiger partial charge in [-0.05, 0) is 24.1 Å². The van der Waals surface area contributed by atoms with Gasteiger partial charge in [-0.1, -0.05) is 19.1 Å². The Morgan fingerprint density at radius 3 is 2.50 bits per heavy atom. The molecule has 0 saturated carbocycles. The smallest absolute Gasteiger partial charge is 0.251 e. The van der Waals surface area contributed by atoms with E-state index in [-0.39, 0.29) is 5.91 Å². The number of nitrogens with one attached hydrogen (secondary N) is 1. The first kappa shape index (κ1) is 11.1. The summed E-state index contributed by atoms with van der Waals surface area (Å²) in [6, 6.07) is 7.61. The summed E-state index contributed by atoms with van der Waals surface area (Å²) in [7, 11) is 0. The lowest BCUT2D eigenvalue weighted by Crippen LogP contribution is -2.25. The van der Waals surface area contributed by atoms with Gasteiger partial charge in [0.05, 0.1) is 0 Å². The second-order valence-corrected chi connectivity index (χ2v) is 3.37. The van der Waals surface area contributed by atoms with Gasteiger partial charge in [-0.3, -0.25) is 4.79 Å². The maximum atomic E-state index is 11.4. The summed E-state index contributed by atoms with van der Waals surface area (Å²) in [5.41, 5.74) is 1.92. The summed E-state index contributed by atoms with van der Waals surface area (Å²) in [5, 5.41) is 2.72. The summed E-state index contributed by atoms with van der Waals surface area (Å²) < 4.78 is 0. The van der Waals surface area contributed by atoms with E-state index in [4.69, 9.17) is 11.6 Å². The van der Waals surface area contributed by atoms with E-state index in [1.165, 1.54) is 5.56 Å². The highest BCUT2D eigenvalue weighted by atomic mass is 35.5. The summed E-state index contributed by atoms with van der Waals surface area (Å²) in [6.07, 6.45) is 0.990. The minimum Gasteiger partial charge on any atom is -0.351 e. The zero-order valence-corrected chi connectivity index (χ0v) is 8.97. The van der Waals surface area contributed by atoms with Gasteiger partial charge in [0.25, 0.3) is 5.91 Å². The van der Waals surface area contributed by atoms with Gasteiger partial charge in [-0.25, -0.2) is 0 Å². The fourth-order valence-corrected chi connectivity index (χ4v) is 1.25. The highest BCUT2D eigenvalue weighted by Gasteiger charge is 2.02. The molecular weight excluding hydrogens is 198 g/mol. The van der Waals surface area contributed by atoms with E-state index in [0.29, 0.717) is 18.0 Å². The Balaban J connectivity index is 2.62. The van der Waals surface area contributed by atoms with Crippen LogP contribution < -0.4 is 5.32 Å². The summed E-state index contributed by atoms with van der Waals surface area (Å²) in [4.78, 5) is 11.4. The average molecular weight is 212 g/mol. The summed E-state index contributed by atoms with van der Waals surface area (Å²) in [6.45, 7) is 2.60. The van der Waals surface area contributed by atoms with Crippen molar-refractivity contribution in [3.05, 3.63) is 35.4 Å². The Kier molecular flexibility index (Phi) is 4.47. The minimum absolute atomic E-state index is 0.0618. The van der Waals surface area contributed by atoms with Crippen molar-refractivity contribution in [1.82, 2.24) is 5.32 Å². The molecule has 1 aromatic carbocycles. The van der Waals surface area contributed by atoms with Crippen molar-refractivity contribution in [1.29, 1.82) is 0 Å². The van der Waals surface area contributed by atoms with Gasteiger partial charge in [-0.15, -0.1) is 11.6 Å². The van der Waals surface area contributed by atoms with Crippen LogP contribution in [0.15, 0.2) is 24.3 Å². The van der Waals surface area contributed by atoms with E-state index >= 15 is 0 Å². The third-order valence-electron chi connectivity index (χ3n) is 2.00. The van der Waals surface area contributed by atoms with Crippen molar-refractivity contribution in [3.8, 4) is 0 Å². The summed E-state index contributed by atoms with van der Waals surface area (Å²) in [5.74, 6) is 0.381. The van der Waals surface area contributed by atoms with Gasteiger partial charge in [-0.2, -0.15) is 0 Å². The molecule has 0 heterocycles. The normalized spacial score (nSPS) is 9.86. The number of carbonyl (C=O) groups excluding carboxylic acids is 1. The number of carbonyl (C=O) groups is 1. The lowest BCUT2D eigenvalue weighted by Gasteiger charge is -2.03.